The standard InChI is InChI=1S/C10H25O2P/c1-5-11-7-9-13(3,4)10-8-12-6-2/h13H,5-10H2,1-4H3. The van der Waals surface area contributed by atoms with E-state index in [2.05, 4.69) is 27.2 Å². The molecule has 0 aliphatic rings. The van der Waals surface area contributed by atoms with Crippen molar-refractivity contribution in [2.75, 3.05) is 52.1 Å². The van der Waals surface area contributed by atoms with E-state index >= 15 is 0 Å². The van der Waals surface area contributed by atoms with Gasteiger partial charge >= 0.3 is 82.7 Å². The van der Waals surface area contributed by atoms with Crippen LogP contribution in [-0.4, -0.2) is 52.1 Å². The maximum absolute atomic E-state index is 5.37. The van der Waals surface area contributed by atoms with E-state index in [0.717, 1.165) is 26.4 Å². The summed E-state index contributed by atoms with van der Waals surface area (Å²) in [5, 5.41) is 0. The van der Waals surface area contributed by atoms with Crippen LogP contribution in [0.25, 0.3) is 0 Å². The summed E-state index contributed by atoms with van der Waals surface area (Å²) in [4.78, 5) is 0. The molecule has 0 aromatic rings. The van der Waals surface area contributed by atoms with E-state index in [1.807, 2.05) is 0 Å². The molecule has 2 nitrogen and oxygen atoms in total. The monoisotopic (exact) mass is 208 g/mol. The Hall–Kier alpha value is 0.350. The van der Waals surface area contributed by atoms with Gasteiger partial charge in [-0.05, 0) is 0 Å². The van der Waals surface area contributed by atoms with Crippen LogP contribution >= 0.6 is 7.26 Å². The van der Waals surface area contributed by atoms with Gasteiger partial charge in [-0.1, -0.05) is 0 Å². The van der Waals surface area contributed by atoms with Crippen molar-refractivity contribution in [3.05, 3.63) is 0 Å². The van der Waals surface area contributed by atoms with Crippen molar-refractivity contribution in [2.45, 2.75) is 13.8 Å². The van der Waals surface area contributed by atoms with E-state index in [0.29, 0.717) is 0 Å². The van der Waals surface area contributed by atoms with Crippen molar-refractivity contribution in [3.63, 3.8) is 0 Å². The minimum absolute atomic E-state index is 0.843. The number of rotatable bonds is 8. The Balaban J connectivity index is 3.42. The van der Waals surface area contributed by atoms with Gasteiger partial charge in [0.05, 0.1) is 0 Å². The third-order valence-electron chi connectivity index (χ3n) is 2.25. The fraction of sp³-hybridized carbons (Fsp3) is 1.00. The Kier molecular flexibility index (Phi) is 7.93. The molecule has 13 heavy (non-hydrogen) atoms. The molecule has 0 aliphatic heterocycles. The molecule has 0 aromatic heterocycles. The van der Waals surface area contributed by atoms with Gasteiger partial charge in [0.2, 0.25) is 0 Å². The Labute approximate surface area is 83.3 Å². The molecule has 0 saturated carbocycles. The molecule has 3 heteroatoms. The average Bonchev–Trinajstić information content (AvgIpc) is 2.05. The molecule has 82 valence electrons. The van der Waals surface area contributed by atoms with Crippen molar-refractivity contribution in [1.29, 1.82) is 0 Å². The van der Waals surface area contributed by atoms with E-state index in [1.54, 1.807) is 0 Å². The van der Waals surface area contributed by atoms with Gasteiger partial charge in [0.15, 0.2) is 0 Å². The normalized spacial score (nSPS) is 13.2. The molecule has 0 spiro atoms. The summed E-state index contributed by atoms with van der Waals surface area (Å²) in [6, 6.07) is 0. The molecule has 0 heterocycles. The van der Waals surface area contributed by atoms with Crippen molar-refractivity contribution < 1.29 is 9.47 Å². The van der Waals surface area contributed by atoms with Gasteiger partial charge in [0, 0.05) is 0 Å². The van der Waals surface area contributed by atoms with Crippen molar-refractivity contribution in [2.24, 2.45) is 0 Å². The first kappa shape index (κ1) is 13.4. The molecule has 0 atom stereocenters. The van der Waals surface area contributed by atoms with Crippen LogP contribution in [0.3, 0.4) is 0 Å². The summed E-state index contributed by atoms with van der Waals surface area (Å²) in [5.74, 6) is 0. The summed E-state index contributed by atoms with van der Waals surface area (Å²) < 4.78 is 10.7. The molecule has 0 bridgehead atoms. The summed E-state index contributed by atoms with van der Waals surface area (Å²) in [7, 11) is -1.03. The fourth-order valence-electron chi connectivity index (χ4n) is 1.11. The minimum atomic E-state index is -1.03. The third-order valence-corrected chi connectivity index (χ3v) is 5.37. The molecule has 0 amide bonds. The Bertz CT molecular complexity index is 103. The number of ether oxygens (including phenoxy) is 2. The number of hydrogen-bond donors (Lipinski definition) is 0. The zero-order valence-corrected chi connectivity index (χ0v) is 10.6. The van der Waals surface area contributed by atoms with Crippen LogP contribution < -0.4 is 0 Å². The second kappa shape index (κ2) is 7.73. The summed E-state index contributed by atoms with van der Waals surface area (Å²) in [6.45, 7) is 12.5. The summed E-state index contributed by atoms with van der Waals surface area (Å²) in [5.41, 5.74) is 0. The molecule has 0 aromatic carbocycles. The first-order valence-corrected chi connectivity index (χ1v) is 8.69. The van der Waals surface area contributed by atoms with Crippen molar-refractivity contribution in [1.82, 2.24) is 0 Å². The summed E-state index contributed by atoms with van der Waals surface area (Å²) in [6.07, 6.45) is 2.52. The average molecular weight is 208 g/mol. The number of hydrogen-bond acceptors (Lipinski definition) is 2. The molecule has 0 rings (SSSR count). The van der Waals surface area contributed by atoms with Crippen molar-refractivity contribution >= 4 is 7.26 Å². The van der Waals surface area contributed by atoms with E-state index in [1.165, 1.54) is 12.3 Å². The van der Waals surface area contributed by atoms with Crippen LogP contribution in [0.2, 0.25) is 0 Å². The van der Waals surface area contributed by atoms with Gasteiger partial charge in [0.25, 0.3) is 0 Å². The van der Waals surface area contributed by atoms with Crippen LogP contribution in [0.5, 0.6) is 0 Å². The zero-order chi connectivity index (χ0) is 10.2. The first-order chi connectivity index (χ1) is 6.12. The van der Waals surface area contributed by atoms with E-state index < -0.39 is 7.26 Å². The Morgan fingerprint density at radius 3 is 1.54 bits per heavy atom. The molecule has 0 saturated heterocycles. The quantitative estimate of drug-likeness (QED) is 0.449. The summed E-state index contributed by atoms with van der Waals surface area (Å²) >= 11 is 0. The Morgan fingerprint density at radius 1 is 0.846 bits per heavy atom. The fourth-order valence-corrected chi connectivity index (χ4v) is 2.75. The van der Waals surface area contributed by atoms with E-state index in [4.69, 9.17) is 9.47 Å². The SMILES string of the molecule is CCOCC[PH](C)(C)CCOCC. The topological polar surface area (TPSA) is 18.5 Å². The first-order valence-electron chi connectivity index (χ1n) is 5.28. The Morgan fingerprint density at radius 2 is 1.23 bits per heavy atom. The second-order valence-electron chi connectivity index (χ2n) is 4.06. The second-order valence-corrected chi connectivity index (χ2v) is 9.39. The molecule has 0 radical (unpaired) electrons. The molecule has 0 N–H and O–H groups in total. The van der Waals surface area contributed by atoms with Crippen molar-refractivity contribution in [3.8, 4) is 0 Å². The van der Waals surface area contributed by atoms with Crippen LogP contribution in [0.15, 0.2) is 0 Å². The molecule has 0 unspecified atom stereocenters. The predicted octanol–water partition coefficient (Wildman–Crippen LogP) is 2.07. The van der Waals surface area contributed by atoms with Gasteiger partial charge in [-0.15, -0.1) is 0 Å². The van der Waals surface area contributed by atoms with Gasteiger partial charge in [-0.2, -0.15) is 0 Å². The van der Waals surface area contributed by atoms with Gasteiger partial charge in [-0.25, -0.2) is 0 Å². The maximum atomic E-state index is 5.37. The van der Waals surface area contributed by atoms with Crippen LogP contribution in [-0.2, 0) is 9.47 Å². The molecule has 0 aliphatic carbocycles. The van der Waals surface area contributed by atoms with Crippen LogP contribution in [0.4, 0.5) is 0 Å². The van der Waals surface area contributed by atoms with Gasteiger partial charge < -0.3 is 0 Å². The molecular formula is C10H25O2P. The molecule has 0 fully saturated rings. The van der Waals surface area contributed by atoms with Gasteiger partial charge in [-0.3, -0.25) is 0 Å². The zero-order valence-electron chi connectivity index (χ0n) is 9.56. The molecular weight excluding hydrogens is 183 g/mol. The van der Waals surface area contributed by atoms with E-state index in [9.17, 15) is 0 Å². The third kappa shape index (κ3) is 8.67. The van der Waals surface area contributed by atoms with Gasteiger partial charge in [0.1, 0.15) is 0 Å². The predicted molar refractivity (Wildman–Crippen MR) is 62.9 cm³/mol. The van der Waals surface area contributed by atoms with Crippen LogP contribution in [0.1, 0.15) is 13.8 Å². The van der Waals surface area contributed by atoms with Crippen LogP contribution in [0, 0.1) is 0 Å². The van der Waals surface area contributed by atoms with E-state index in [-0.39, 0.29) is 0 Å².